The Morgan fingerprint density at radius 2 is 1.77 bits per heavy atom. The van der Waals surface area contributed by atoms with Gasteiger partial charge in [-0.25, -0.2) is 0 Å². The molecule has 1 aromatic carbocycles. The summed E-state index contributed by atoms with van der Waals surface area (Å²) < 4.78 is 0. The Hall–Kier alpha value is -0.860. The second kappa shape index (κ2) is 3.48. The van der Waals surface area contributed by atoms with E-state index in [4.69, 9.17) is 10.2 Å². The third-order valence-electron chi connectivity index (χ3n) is 2.05. The summed E-state index contributed by atoms with van der Waals surface area (Å²) in [5.41, 5.74) is 1.70. The number of benzene rings is 1. The average molecular weight is 180 g/mol. The molecule has 0 aromatic heterocycles. The molecule has 1 aromatic rings. The van der Waals surface area contributed by atoms with E-state index in [2.05, 4.69) is 20.8 Å². The maximum absolute atomic E-state index is 8.97. The molecule has 0 heterocycles. The van der Waals surface area contributed by atoms with Gasteiger partial charge in [-0.3, -0.25) is 0 Å². The van der Waals surface area contributed by atoms with E-state index in [1.807, 2.05) is 18.2 Å². The van der Waals surface area contributed by atoms with Crippen molar-refractivity contribution in [1.82, 2.24) is 0 Å². The van der Waals surface area contributed by atoms with Crippen LogP contribution in [0.2, 0.25) is 0 Å². The van der Waals surface area contributed by atoms with Gasteiger partial charge < -0.3 is 10.2 Å². The van der Waals surface area contributed by atoms with Gasteiger partial charge in [-0.05, 0) is 11.0 Å². The second-order valence-electron chi connectivity index (χ2n) is 4.25. The van der Waals surface area contributed by atoms with Gasteiger partial charge in [0.2, 0.25) is 0 Å². The molecule has 72 valence electrons. The predicted molar refractivity (Wildman–Crippen MR) is 52.3 cm³/mol. The fourth-order valence-corrected chi connectivity index (χ4v) is 1.17. The van der Waals surface area contributed by atoms with Crippen molar-refractivity contribution >= 4 is 0 Å². The number of aliphatic hydroxyl groups excluding tert-OH is 1. The van der Waals surface area contributed by atoms with Crippen LogP contribution >= 0.6 is 0 Å². The summed E-state index contributed by atoms with van der Waals surface area (Å²) in [5, 5.41) is 17.9. The number of rotatable bonds is 1. The topological polar surface area (TPSA) is 40.5 Å². The van der Waals surface area contributed by atoms with Gasteiger partial charge in [-0.2, -0.15) is 0 Å². The smallest absolute Gasteiger partial charge is 0.178 e. The van der Waals surface area contributed by atoms with E-state index in [0.717, 1.165) is 5.56 Å². The van der Waals surface area contributed by atoms with Crippen LogP contribution in [0.3, 0.4) is 0 Å². The molecular formula is C11H16O2. The SMILES string of the molecule is CC(C)(C)c1cccc(C(O)O)c1. The molecule has 0 saturated heterocycles. The van der Waals surface area contributed by atoms with E-state index in [1.165, 1.54) is 0 Å². The zero-order valence-corrected chi connectivity index (χ0v) is 8.28. The van der Waals surface area contributed by atoms with Gasteiger partial charge in [-0.15, -0.1) is 0 Å². The van der Waals surface area contributed by atoms with Crippen LogP contribution in [-0.2, 0) is 5.41 Å². The lowest BCUT2D eigenvalue weighted by atomic mass is 9.86. The first kappa shape index (κ1) is 10.2. The highest BCUT2D eigenvalue weighted by atomic mass is 16.5. The zero-order valence-electron chi connectivity index (χ0n) is 8.28. The Bertz CT molecular complexity index is 284. The molecule has 0 fully saturated rings. The largest absolute Gasteiger partial charge is 0.364 e. The van der Waals surface area contributed by atoms with Crippen molar-refractivity contribution in [2.75, 3.05) is 0 Å². The summed E-state index contributed by atoms with van der Waals surface area (Å²) in [6.07, 6.45) is -1.37. The van der Waals surface area contributed by atoms with Crippen LogP contribution in [0.4, 0.5) is 0 Å². The molecule has 0 unspecified atom stereocenters. The molecule has 0 radical (unpaired) electrons. The highest BCUT2D eigenvalue weighted by Crippen LogP contribution is 2.24. The van der Waals surface area contributed by atoms with E-state index >= 15 is 0 Å². The molecule has 0 spiro atoms. The predicted octanol–water partition coefficient (Wildman–Crippen LogP) is 1.97. The highest BCUT2D eigenvalue weighted by molar-refractivity contribution is 5.28. The van der Waals surface area contributed by atoms with Crippen molar-refractivity contribution in [3.63, 3.8) is 0 Å². The summed E-state index contributed by atoms with van der Waals surface area (Å²) in [7, 11) is 0. The number of hydrogen-bond donors (Lipinski definition) is 2. The Kier molecular flexibility index (Phi) is 2.74. The van der Waals surface area contributed by atoms with E-state index in [1.54, 1.807) is 6.07 Å². The Morgan fingerprint density at radius 1 is 1.15 bits per heavy atom. The van der Waals surface area contributed by atoms with Crippen molar-refractivity contribution in [3.05, 3.63) is 35.4 Å². The van der Waals surface area contributed by atoms with Crippen LogP contribution in [0.15, 0.2) is 24.3 Å². The van der Waals surface area contributed by atoms with Crippen LogP contribution in [0.1, 0.15) is 38.2 Å². The van der Waals surface area contributed by atoms with Crippen molar-refractivity contribution < 1.29 is 10.2 Å². The van der Waals surface area contributed by atoms with Crippen LogP contribution in [0, 0.1) is 0 Å². The molecule has 2 nitrogen and oxygen atoms in total. The first-order valence-electron chi connectivity index (χ1n) is 4.38. The molecule has 0 bridgehead atoms. The highest BCUT2D eigenvalue weighted by Gasteiger charge is 2.14. The molecule has 13 heavy (non-hydrogen) atoms. The zero-order chi connectivity index (χ0) is 10.1. The fraction of sp³-hybridized carbons (Fsp3) is 0.455. The van der Waals surface area contributed by atoms with E-state index in [0.29, 0.717) is 5.56 Å². The molecule has 1 rings (SSSR count). The first-order valence-corrected chi connectivity index (χ1v) is 4.38. The van der Waals surface area contributed by atoms with Crippen LogP contribution in [-0.4, -0.2) is 10.2 Å². The average Bonchev–Trinajstić information content (AvgIpc) is 2.03. The third-order valence-corrected chi connectivity index (χ3v) is 2.05. The van der Waals surface area contributed by atoms with Crippen LogP contribution < -0.4 is 0 Å². The summed E-state index contributed by atoms with van der Waals surface area (Å²) in [5.74, 6) is 0. The summed E-state index contributed by atoms with van der Waals surface area (Å²) in [6, 6.07) is 7.37. The molecule has 0 atom stereocenters. The van der Waals surface area contributed by atoms with E-state index in [-0.39, 0.29) is 5.41 Å². The minimum absolute atomic E-state index is 0.0465. The minimum atomic E-state index is -1.37. The number of aliphatic hydroxyl groups is 2. The van der Waals surface area contributed by atoms with Crippen molar-refractivity contribution in [2.45, 2.75) is 32.5 Å². The van der Waals surface area contributed by atoms with Gasteiger partial charge in [0.1, 0.15) is 0 Å². The number of hydrogen-bond acceptors (Lipinski definition) is 2. The summed E-state index contributed by atoms with van der Waals surface area (Å²) in [6.45, 7) is 6.28. The van der Waals surface area contributed by atoms with Gasteiger partial charge in [-0.1, -0.05) is 45.0 Å². The van der Waals surface area contributed by atoms with Gasteiger partial charge in [0.05, 0.1) is 0 Å². The van der Waals surface area contributed by atoms with Gasteiger partial charge in [0, 0.05) is 5.56 Å². The quantitative estimate of drug-likeness (QED) is 0.649. The third kappa shape index (κ3) is 2.54. The van der Waals surface area contributed by atoms with Gasteiger partial charge in [0.15, 0.2) is 6.29 Å². The van der Waals surface area contributed by atoms with Gasteiger partial charge in [0.25, 0.3) is 0 Å². The molecule has 0 saturated carbocycles. The minimum Gasteiger partial charge on any atom is -0.364 e. The monoisotopic (exact) mass is 180 g/mol. The maximum atomic E-state index is 8.97. The Balaban J connectivity index is 3.06. The van der Waals surface area contributed by atoms with Crippen LogP contribution in [0.25, 0.3) is 0 Å². The normalized spacial score (nSPS) is 12.2. The molecule has 2 N–H and O–H groups in total. The first-order chi connectivity index (χ1) is 5.91. The lowest BCUT2D eigenvalue weighted by Gasteiger charge is -2.20. The summed E-state index contributed by atoms with van der Waals surface area (Å²) >= 11 is 0. The fourth-order valence-electron chi connectivity index (χ4n) is 1.17. The standard InChI is InChI=1S/C11H16O2/c1-11(2,3)9-6-4-5-8(7-9)10(12)13/h4-7,10,12-13H,1-3H3. The van der Waals surface area contributed by atoms with Crippen LogP contribution in [0.5, 0.6) is 0 Å². The molecule has 0 aliphatic carbocycles. The van der Waals surface area contributed by atoms with Crippen molar-refractivity contribution in [1.29, 1.82) is 0 Å². The summed E-state index contributed by atoms with van der Waals surface area (Å²) in [4.78, 5) is 0. The molecule has 0 amide bonds. The lowest BCUT2D eigenvalue weighted by Crippen LogP contribution is -2.11. The van der Waals surface area contributed by atoms with E-state index in [9.17, 15) is 0 Å². The molecular weight excluding hydrogens is 164 g/mol. The molecule has 0 aliphatic heterocycles. The van der Waals surface area contributed by atoms with Crippen molar-refractivity contribution in [3.8, 4) is 0 Å². The maximum Gasteiger partial charge on any atom is 0.178 e. The van der Waals surface area contributed by atoms with E-state index < -0.39 is 6.29 Å². The lowest BCUT2D eigenvalue weighted by molar-refractivity contribution is -0.0425. The Morgan fingerprint density at radius 3 is 2.23 bits per heavy atom. The molecule has 2 heteroatoms. The Labute approximate surface area is 78.8 Å². The molecule has 0 aliphatic rings. The van der Waals surface area contributed by atoms with Crippen molar-refractivity contribution in [2.24, 2.45) is 0 Å². The second-order valence-corrected chi connectivity index (χ2v) is 4.25. The van der Waals surface area contributed by atoms with Gasteiger partial charge >= 0.3 is 0 Å².